The molecular weight excluding hydrogens is 216 g/mol. The molecule has 1 unspecified atom stereocenters. The minimum atomic E-state index is 0.150. The molecule has 0 aliphatic carbocycles. The maximum atomic E-state index is 6.09. The van der Waals surface area contributed by atoms with Crippen LogP contribution in [0.5, 0.6) is 0 Å². The van der Waals surface area contributed by atoms with Crippen LogP contribution in [0, 0.1) is 5.92 Å². The van der Waals surface area contributed by atoms with Gasteiger partial charge in [0.25, 0.3) is 0 Å². The average Bonchev–Trinajstić information content (AvgIpc) is 2.49. The van der Waals surface area contributed by atoms with Gasteiger partial charge in [0.2, 0.25) is 0 Å². The van der Waals surface area contributed by atoms with Crippen LogP contribution in [0.25, 0.3) is 0 Å². The Morgan fingerprint density at radius 2 is 2.00 bits per heavy atom. The van der Waals surface area contributed by atoms with Crippen molar-refractivity contribution in [1.29, 1.82) is 0 Å². The van der Waals surface area contributed by atoms with Gasteiger partial charge in [-0.15, -0.1) is 11.3 Å². The van der Waals surface area contributed by atoms with Gasteiger partial charge in [0, 0.05) is 23.3 Å². The summed E-state index contributed by atoms with van der Waals surface area (Å²) in [7, 11) is 0. The van der Waals surface area contributed by atoms with Crippen molar-refractivity contribution in [1.82, 2.24) is 4.98 Å². The molecule has 0 aliphatic rings. The lowest BCUT2D eigenvalue weighted by Crippen LogP contribution is -2.24. The lowest BCUT2D eigenvalue weighted by molar-refractivity contribution is 0.491. The molecule has 2 nitrogen and oxygen atoms in total. The standard InChI is InChI=1S/C13H24N2S/c1-9(2)6-10(14)7-12-15-11(8-16-12)13(3,4)5/h8-10H,6-7,14H2,1-5H3. The summed E-state index contributed by atoms with van der Waals surface area (Å²) in [6.45, 7) is 11.0. The van der Waals surface area contributed by atoms with Crippen molar-refractivity contribution in [3.8, 4) is 0 Å². The summed E-state index contributed by atoms with van der Waals surface area (Å²) >= 11 is 1.74. The molecule has 1 aromatic rings. The monoisotopic (exact) mass is 240 g/mol. The minimum Gasteiger partial charge on any atom is -0.327 e. The first-order chi connectivity index (χ1) is 7.29. The minimum absolute atomic E-state index is 0.150. The van der Waals surface area contributed by atoms with Crippen molar-refractivity contribution in [2.45, 2.75) is 58.9 Å². The number of nitrogens with zero attached hydrogens (tertiary/aromatic N) is 1. The summed E-state index contributed by atoms with van der Waals surface area (Å²) < 4.78 is 0. The van der Waals surface area contributed by atoms with E-state index in [2.05, 4.69) is 45.0 Å². The lowest BCUT2D eigenvalue weighted by Gasteiger charge is -2.15. The van der Waals surface area contributed by atoms with Gasteiger partial charge in [0.15, 0.2) is 0 Å². The van der Waals surface area contributed by atoms with Crippen molar-refractivity contribution < 1.29 is 0 Å². The SMILES string of the molecule is CC(C)CC(N)Cc1nc(C(C)(C)C)cs1. The molecule has 0 radical (unpaired) electrons. The highest BCUT2D eigenvalue weighted by molar-refractivity contribution is 7.09. The highest BCUT2D eigenvalue weighted by atomic mass is 32.1. The fourth-order valence-corrected chi connectivity index (χ4v) is 2.78. The summed E-state index contributed by atoms with van der Waals surface area (Å²) in [5.74, 6) is 0.664. The van der Waals surface area contributed by atoms with Gasteiger partial charge in [-0.05, 0) is 12.3 Å². The Bertz CT molecular complexity index is 323. The summed E-state index contributed by atoms with van der Waals surface area (Å²) in [6.07, 6.45) is 1.99. The highest BCUT2D eigenvalue weighted by Gasteiger charge is 2.18. The Morgan fingerprint density at radius 3 is 2.44 bits per heavy atom. The van der Waals surface area contributed by atoms with Crippen molar-refractivity contribution in [3.63, 3.8) is 0 Å². The van der Waals surface area contributed by atoms with E-state index >= 15 is 0 Å². The van der Waals surface area contributed by atoms with E-state index in [1.54, 1.807) is 11.3 Å². The van der Waals surface area contributed by atoms with E-state index in [1.807, 2.05) is 0 Å². The van der Waals surface area contributed by atoms with E-state index < -0.39 is 0 Å². The van der Waals surface area contributed by atoms with E-state index in [9.17, 15) is 0 Å². The van der Waals surface area contributed by atoms with Crippen molar-refractivity contribution in [3.05, 3.63) is 16.1 Å². The lowest BCUT2D eigenvalue weighted by atomic mass is 9.93. The molecule has 2 N–H and O–H groups in total. The van der Waals surface area contributed by atoms with Crippen LogP contribution < -0.4 is 5.73 Å². The van der Waals surface area contributed by atoms with Crippen molar-refractivity contribution in [2.24, 2.45) is 11.7 Å². The summed E-state index contributed by atoms with van der Waals surface area (Å²) in [6, 6.07) is 0.249. The van der Waals surface area contributed by atoms with E-state index in [1.165, 1.54) is 10.7 Å². The fraction of sp³-hybridized carbons (Fsp3) is 0.769. The Morgan fingerprint density at radius 1 is 1.38 bits per heavy atom. The second kappa shape index (κ2) is 5.28. The predicted molar refractivity (Wildman–Crippen MR) is 71.9 cm³/mol. The first-order valence-electron chi connectivity index (χ1n) is 5.99. The maximum Gasteiger partial charge on any atom is 0.0943 e. The number of hydrogen-bond acceptors (Lipinski definition) is 3. The summed E-state index contributed by atoms with van der Waals surface area (Å²) in [4.78, 5) is 4.67. The molecule has 0 fully saturated rings. The Kier molecular flexibility index (Phi) is 4.51. The second-order valence-electron chi connectivity index (χ2n) is 5.97. The molecule has 0 amide bonds. The smallest absolute Gasteiger partial charge is 0.0943 e. The predicted octanol–water partition coefficient (Wildman–Crippen LogP) is 3.36. The van der Waals surface area contributed by atoms with Gasteiger partial charge < -0.3 is 5.73 Å². The molecule has 1 atom stereocenters. The maximum absolute atomic E-state index is 6.09. The quantitative estimate of drug-likeness (QED) is 0.876. The van der Waals surface area contributed by atoms with Crippen LogP contribution in [-0.2, 0) is 11.8 Å². The van der Waals surface area contributed by atoms with Crippen LogP contribution in [-0.4, -0.2) is 11.0 Å². The molecule has 0 saturated heterocycles. The molecule has 16 heavy (non-hydrogen) atoms. The Hall–Kier alpha value is -0.410. The van der Waals surface area contributed by atoms with Gasteiger partial charge in [-0.1, -0.05) is 34.6 Å². The van der Waals surface area contributed by atoms with Gasteiger partial charge >= 0.3 is 0 Å². The number of nitrogens with two attached hydrogens (primary N) is 1. The molecule has 0 bridgehead atoms. The van der Waals surface area contributed by atoms with E-state index in [-0.39, 0.29) is 11.5 Å². The van der Waals surface area contributed by atoms with Gasteiger partial charge in [0.05, 0.1) is 10.7 Å². The van der Waals surface area contributed by atoms with Crippen molar-refractivity contribution >= 4 is 11.3 Å². The zero-order valence-corrected chi connectivity index (χ0v) is 11.9. The molecule has 0 saturated carbocycles. The zero-order chi connectivity index (χ0) is 12.3. The Labute approximate surface area is 103 Å². The molecule has 92 valence electrons. The molecule has 3 heteroatoms. The molecule has 1 rings (SSSR count). The molecule has 1 aromatic heterocycles. The van der Waals surface area contributed by atoms with Crippen LogP contribution in [0.1, 0.15) is 51.7 Å². The number of rotatable bonds is 4. The van der Waals surface area contributed by atoms with Crippen LogP contribution in [0.2, 0.25) is 0 Å². The topological polar surface area (TPSA) is 38.9 Å². The fourth-order valence-electron chi connectivity index (χ4n) is 1.66. The van der Waals surface area contributed by atoms with Gasteiger partial charge in [-0.25, -0.2) is 4.98 Å². The first-order valence-corrected chi connectivity index (χ1v) is 6.87. The van der Waals surface area contributed by atoms with Gasteiger partial charge in [0.1, 0.15) is 0 Å². The third-order valence-electron chi connectivity index (χ3n) is 2.53. The second-order valence-corrected chi connectivity index (χ2v) is 6.91. The van der Waals surface area contributed by atoms with E-state index in [0.717, 1.165) is 12.8 Å². The van der Waals surface area contributed by atoms with Crippen LogP contribution >= 0.6 is 11.3 Å². The molecule has 1 heterocycles. The molecule has 0 aliphatic heterocycles. The van der Waals surface area contributed by atoms with E-state index in [0.29, 0.717) is 5.92 Å². The number of aromatic nitrogens is 1. The van der Waals surface area contributed by atoms with Gasteiger partial charge in [-0.2, -0.15) is 0 Å². The van der Waals surface area contributed by atoms with E-state index in [4.69, 9.17) is 5.73 Å². The molecular formula is C13H24N2S. The molecule has 0 spiro atoms. The normalized spacial score (nSPS) is 14.4. The van der Waals surface area contributed by atoms with Crippen molar-refractivity contribution in [2.75, 3.05) is 0 Å². The number of thiazole rings is 1. The third-order valence-corrected chi connectivity index (χ3v) is 3.40. The first kappa shape index (κ1) is 13.7. The average molecular weight is 240 g/mol. The Balaban J connectivity index is 2.59. The highest BCUT2D eigenvalue weighted by Crippen LogP contribution is 2.24. The largest absolute Gasteiger partial charge is 0.327 e. The summed E-state index contributed by atoms with van der Waals surface area (Å²) in [5, 5.41) is 3.34. The number of hydrogen-bond donors (Lipinski definition) is 1. The van der Waals surface area contributed by atoms with Gasteiger partial charge in [-0.3, -0.25) is 0 Å². The third kappa shape index (κ3) is 4.22. The van der Waals surface area contributed by atoms with Crippen LogP contribution in [0.15, 0.2) is 5.38 Å². The summed E-state index contributed by atoms with van der Waals surface area (Å²) in [5.41, 5.74) is 7.43. The van der Waals surface area contributed by atoms with Crippen LogP contribution in [0.4, 0.5) is 0 Å². The molecule has 0 aromatic carbocycles. The van der Waals surface area contributed by atoms with Crippen LogP contribution in [0.3, 0.4) is 0 Å². The zero-order valence-electron chi connectivity index (χ0n) is 11.1.